The monoisotopic (exact) mass is 1200 g/mol. The van der Waals surface area contributed by atoms with Crippen LogP contribution in [0.2, 0.25) is 10.0 Å². The molecule has 0 bridgehead atoms. The predicted molar refractivity (Wildman–Crippen MR) is 341 cm³/mol. The first-order valence-corrected chi connectivity index (χ1v) is 32.4. The molecule has 5 aliphatic heterocycles. The zero-order valence-electron chi connectivity index (χ0n) is 51.4. The van der Waals surface area contributed by atoms with Gasteiger partial charge in [0.1, 0.15) is 0 Å². The third-order valence-corrected chi connectivity index (χ3v) is 19.7. The Morgan fingerprint density at radius 1 is 0.663 bits per heavy atom. The number of aryl methyl sites for hydroxylation is 2. The number of nitrogens with zero attached hydrogens (tertiary/aromatic N) is 6. The van der Waals surface area contributed by atoms with Crippen LogP contribution in [-0.2, 0) is 30.1 Å². The van der Waals surface area contributed by atoms with Crippen molar-refractivity contribution in [1.29, 1.82) is 0 Å². The van der Waals surface area contributed by atoms with Crippen molar-refractivity contribution in [2.45, 2.75) is 116 Å². The number of hydrogen-bond acceptors (Lipinski definition) is 10. The molecule has 0 spiro atoms. The molecule has 5 saturated heterocycles. The van der Waals surface area contributed by atoms with Gasteiger partial charge in [-0.3, -0.25) is 19.3 Å². The third kappa shape index (κ3) is 16.7. The van der Waals surface area contributed by atoms with E-state index in [9.17, 15) is 18.6 Å². The summed E-state index contributed by atoms with van der Waals surface area (Å²) in [6, 6.07) is 29.5. The number of benzene rings is 4. The number of anilines is 2. The van der Waals surface area contributed by atoms with Gasteiger partial charge in [0.15, 0.2) is 0 Å². The number of hydrogen-bond donors (Lipinski definition) is 3. The first kappa shape index (κ1) is 64.4. The summed E-state index contributed by atoms with van der Waals surface area (Å²) < 4.78 is 21.8. The van der Waals surface area contributed by atoms with E-state index in [-0.39, 0.29) is 70.1 Å². The van der Waals surface area contributed by atoms with Crippen molar-refractivity contribution in [2.75, 3.05) is 122 Å². The number of halogens is 2. The molecule has 0 radical (unpaired) electrons. The number of rotatable bonds is 17. The third-order valence-electron chi connectivity index (χ3n) is 17.6. The van der Waals surface area contributed by atoms with Gasteiger partial charge in [0.05, 0.1) is 33.6 Å². The van der Waals surface area contributed by atoms with E-state index in [1.54, 1.807) is 0 Å². The number of nitrogens with one attached hydrogen (secondary N) is 3. The topological polar surface area (TPSA) is 133 Å². The highest BCUT2D eigenvalue weighted by molar-refractivity contribution is 7.84. The van der Waals surface area contributed by atoms with Crippen LogP contribution >= 0.6 is 23.2 Å². The maximum absolute atomic E-state index is 14.2. The van der Waals surface area contributed by atoms with Gasteiger partial charge in [0, 0.05) is 150 Å². The van der Waals surface area contributed by atoms with Crippen molar-refractivity contribution >= 4 is 63.3 Å². The van der Waals surface area contributed by atoms with E-state index in [1.807, 2.05) is 81.1 Å². The second-order valence-electron chi connectivity index (χ2n) is 25.8. The Morgan fingerprint density at radius 2 is 1.14 bits per heavy atom. The highest BCUT2D eigenvalue weighted by Crippen LogP contribution is 2.40. The van der Waals surface area contributed by atoms with E-state index in [1.165, 1.54) is 33.5 Å². The van der Waals surface area contributed by atoms with Crippen LogP contribution in [0, 0.1) is 37.5 Å². The van der Waals surface area contributed by atoms with Gasteiger partial charge in [-0.25, -0.2) is 8.93 Å². The highest BCUT2D eigenvalue weighted by atomic mass is 35.5. The number of likely N-dealkylation sites (tertiary alicyclic amines) is 1. The summed E-state index contributed by atoms with van der Waals surface area (Å²) in [4.78, 5) is 54.3. The van der Waals surface area contributed by atoms with Crippen LogP contribution in [0.15, 0.2) is 84.9 Å². The van der Waals surface area contributed by atoms with E-state index >= 15 is 0 Å². The summed E-state index contributed by atoms with van der Waals surface area (Å²) in [5.41, 5.74) is 9.40. The molecular formula is C66H95Cl2N9O5S. The van der Waals surface area contributed by atoms with Crippen LogP contribution in [0.5, 0.6) is 0 Å². The Bertz CT molecular complexity index is 2810. The Labute approximate surface area is 509 Å². The molecule has 14 nitrogen and oxygen atoms in total. The van der Waals surface area contributed by atoms with E-state index in [2.05, 4.69) is 125 Å². The Hall–Kier alpha value is -4.58. The number of ether oxygens (including phenoxy) is 1. The lowest BCUT2D eigenvalue weighted by molar-refractivity contribution is -0.136. The molecular weight excluding hydrogens is 1100 g/mol. The molecule has 4 aromatic carbocycles. The number of amides is 3. The van der Waals surface area contributed by atoms with Crippen LogP contribution in [0.3, 0.4) is 0 Å². The van der Waals surface area contributed by atoms with Crippen LogP contribution in [0.4, 0.5) is 11.4 Å². The van der Waals surface area contributed by atoms with Gasteiger partial charge in [-0.05, 0) is 132 Å². The number of carbonyl (C=O) groups excluding carboxylic acids is 3. The first-order chi connectivity index (χ1) is 39.6. The average Bonchev–Trinajstić information content (AvgIpc) is 4.18. The molecule has 9 rings (SSSR count). The van der Waals surface area contributed by atoms with Crippen molar-refractivity contribution in [3.05, 3.63) is 128 Å². The quantitative estimate of drug-likeness (QED) is 0.0939. The second kappa shape index (κ2) is 29.2. The Balaban J connectivity index is 0.000000220. The first-order valence-electron chi connectivity index (χ1n) is 30.5. The average molecular weight is 1200 g/mol. The maximum Gasteiger partial charge on any atom is 0.227 e. The second-order valence-corrected chi connectivity index (χ2v) is 28.7. The van der Waals surface area contributed by atoms with Gasteiger partial charge in [-0.1, -0.05) is 111 Å². The standard InChI is InChI=1S/C36H52ClN5O3.C30H43ClN4O2S/c1-25(2)35(38-34(43)12-15-39(4)5)30-22-26(3)6-11-33(30)40-16-18-41(19-17-40)36(44)32-24-42(29-13-20-45-21-14-29)23-31(32)27-7-9-28(37)10-8-27;1-20(2)28(33-38(37)30(4,5)6)24-17-21(3)7-12-27(24)34-13-15-35(16-14-34)29(36)26-19-32-18-25(26)22-8-10-23(31)11-9-22/h6-11,22,25,29,31-32,35H,12-21,23-24H2,1-5H3,(H,38,43);7-12,17,20,25-26,28,32-33H,13-16,18-19H2,1-6H3/t31?,32?,35-;25-,26?,28-,38-/m00/s1. The van der Waals surface area contributed by atoms with E-state index in [4.69, 9.17) is 27.9 Å². The molecule has 0 aliphatic carbocycles. The zero-order chi connectivity index (χ0) is 59.7. The summed E-state index contributed by atoms with van der Waals surface area (Å²) in [7, 11) is 2.80. The van der Waals surface area contributed by atoms with Crippen LogP contribution in [0.1, 0.15) is 125 Å². The molecule has 3 N–H and O–H groups in total. The number of carbonyl (C=O) groups is 3. The van der Waals surface area contributed by atoms with Crippen molar-refractivity contribution in [3.8, 4) is 0 Å². The molecule has 3 amide bonds. The lowest BCUT2D eigenvalue weighted by Gasteiger charge is -2.39. The van der Waals surface area contributed by atoms with Gasteiger partial charge in [0.2, 0.25) is 17.7 Å². The van der Waals surface area contributed by atoms with Crippen molar-refractivity contribution < 1.29 is 23.3 Å². The van der Waals surface area contributed by atoms with Crippen molar-refractivity contribution in [3.63, 3.8) is 0 Å². The van der Waals surface area contributed by atoms with Gasteiger partial charge in [0.25, 0.3) is 0 Å². The molecule has 17 heteroatoms. The molecule has 4 aromatic rings. The molecule has 5 fully saturated rings. The minimum absolute atomic E-state index is 0.0330. The fourth-order valence-corrected chi connectivity index (χ4v) is 14.0. The lowest BCUT2D eigenvalue weighted by atomic mass is 9.88. The van der Waals surface area contributed by atoms with Gasteiger partial charge >= 0.3 is 0 Å². The Morgan fingerprint density at radius 3 is 1.63 bits per heavy atom. The summed E-state index contributed by atoms with van der Waals surface area (Å²) >= 11 is 12.3. The Kier molecular flexibility index (Phi) is 22.7. The summed E-state index contributed by atoms with van der Waals surface area (Å²) in [6.07, 6.45) is 2.53. The minimum atomic E-state index is -1.18. The SMILES string of the molecule is Cc1ccc(N2CCN(C(=O)C3CN(C4CCOCC4)CC3c3ccc(Cl)cc3)CC2)c([C@@H](NC(=O)CCN(C)C)C(C)C)c1.Cc1ccc(N2CCN(C(=O)C3CNC[C@H]3c3ccc(Cl)cc3)CC2)c([C@@H](N[S@@](=O)C(C)(C)C)C(C)C)c1. The summed E-state index contributed by atoms with van der Waals surface area (Å²) in [5, 5.41) is 8.20. The summed E-state index contributed by atoms with van der Waals surface area (Å²) in [6.45, 7) is 30.3. The van der Waals surface area contributed by atoms with E-state index in [0.29, 0.717) is 50.2 Å². The highest BCUT2D eigenvalue weighted by Gasteiger charge is 2.44. The molecule has 5 aliphatic rings. The normalized spacial score (nSPS) is 22.2. The predicted octanol–water partition coefficient (Wildman–Crippen LogP) is 10.0. The molecule has 3 unspecified atom stereocenters. The largest absolute Gasteiger partial charge is 0.381 e. The smallest absolute Gasteiger partial charge is 0.227 e. The molecule has 0 saturated carbocycles. The fourth-order valence-electron chi connectivity index (χ4n) is 12.7. The maximum atomic E-state index is 14.2. The van der Waals surface area contributed by atoms with Gasteiger partial charge in [-0.15, -0.1) is 0 Å². The van der Waals surface area contributed by atoms with Crippen molar-refractivity contribution in [1.82, 2.24) is 35.0 Å². The summed E-state index contributed by atoms with van der Waals surface area (Å²) in [5.74, 6) is 1.28. The van der Waals surface area contributed by atoms with E-state index in [0.717, 1.165) is 94.7 Å². The lowest BCUT2D eigenvalue weighted by Crippen LogP contribution is -2.51. The van der Waals surface area contributed by atoms with Crippen LogP contribution < -0.4 is 25.2 Å². The molecule has 454 valence electrons. The zero-order valence-corrected chi connectivity index (χ0v) is 53.7. The van der Waals surface area contributed by atoms with Gasteiger partial charge < -0.3 is 39.9 Å². The molecule has 83 heavy (non-hydrogen) atoms. The fraction of sp³-hybridized carbons (Fsp3) is 0.591. The van der Waals surface area contributed by atoms with Gasteiger partial charge in [-0.2, -0.15) is 0 Å². The number of piperazine rings is 2. The van der Waals surface area contributed by atoms with E-state index < -0.39 is 11.0 Å². The minimum Gasteiger partial charge on any atom is -0.381 e. The molecule has 0 aromatic heterocycles. The molecule has 7 atom stereocenters. The van der Waals surface area contributed by atoms with Crippen LogP contribution in [-0.4, -0.2) is 165 Å². The van der Waals surface area contributed by atoms with Crippen molar-refractivity contribution in [2.24, 2.45) is 23.7 Å². The molecule has 5 heterocycles. The van der Waals surface area contributed by atoms with Crippen LogP contribution in [0.25, 0.3) is 0 Å².